The van der Waals surface area contributed by atoms with Crippen LogP contribution in [0, 0.1) is 6.92 Å². The molecule has 3 heterocycles. The minimum absolute atomic E-state index is 0.155. The lowest BCUT2D eigenvalue weighted by atomic mass is 10.1. The molecule has 3 rings (SSSR count). The Hall–Kier alpha value is -1.62. The Morgan fingerprint density at radius 2 is 2.00 bits per heavy atom. The average Bonchev–Trinajstić information content (AvgIpc) is 2.84. The second-order valence-electron chi connectivity index (χ2n) is 5.94. The maximum Gasteiger partial charge on any atom is 0.160 e. The summed E-state index contributed by atoms with van der Waals surface area (Å²) in [4.78, 5) is 7.07. The van der Waals surface area contributed by atoms with Crippen LogP contribution in [0.1, 0.15) is 38.3 Å². The van der Waals surface area contributed by atoms with Gasteiger partial charge in [-0.25, -0.2) is 9.67 Å². The van der Waals surface area contributed by atoms with Crippen molar-refractivity contribution >= 4 is 16.9 Å². The number of rotatable bonds is 2. The van der Waals surface area contributed by atoms with Crippen molar-refractivity contribution in [1.29, 1.82) is 0 Å². The second-order valence-corrected chi connectivity index (χ2v) is 5.94. The molecule has 2 aromatic heterocycles. The third-order valence-electron chi connectivity index (χ3n) is 4.04. The monoisotopic (exact) mass is 274 g/mol. The van der Waals surface area contributed by atoms with E-state index in [1.807, 2.05) is 10.9 Å². The van der Waals surface area contributed by atoms with Crippen LogP contribution >= 0.6 is 0 Å². The normalized spacial score (nSPS) is 17.4. The van der Waals surface area contributed by atoms with Crippen molar-refractivity contribution in [3.8, 4) is 0 Å². The first-order valence-electron chi connectivity index (χ1n) is 7.34. The summed E-state index contributed by atoms with van der Waals surface area (Å²) in [7, 11) is 0. The van der Waals surface area contributed by atoms with Gasteiger partial charge in [0, 0.05) is 24.5 Å². The Bertz CT molecular complexity index is 612. The average molecular weight is 274 g/mol. The minimum atomic E-state index is -0.155. The number of anilines is 1. The third-order valence-corrected chi connectivity index (χ3v) is 4.04. The smallest absolute Gasteiger partial charge is 0.160 e. The fourth-order valence-corrected chi connectivity index (χ4v) is 2.79. The molecule has 2 aromatic rings. The number of aliphatic hydroxyl groups is 1. The maximum absolute atomic E-state index is 9.62. The van der Waals surface area contributed by atoms with Crippen molar-refractivity contribution in [2.45, 2.75) is 45.8 Å². The zero-order valence-electron chi connectivity index (χ0n) is 12.4. The van der Waals surface area contributed by atoms with Gasteiger partial charge in [-0.1, -0.05) is 0 Å². The first-order valence-corrected chi connectivity index (χ1v) is 7.34. The van der Waals surface area contributed by atoms with Crippen molar-refractivity contribution in [1.82, 2.24) is 14.8 Å². The molecule has 1 aliphatic rings. The van der Waals surface area contributed by atoms with Gasteiger partial charge >= 0.3 is 0 Å². The number of aryl methyl sites for hydroxylation is 1. The van der Waals surface area contributed by atoms with Crippen LogP contribution in [0.2, 0.25) is 0 Å². The third kappa shape index (κ3) is 2.26. The van der Waals surface area contributed by atoms with E-state index in [1.54, 1.807) is 0 Å². The van der Waals surface area contributed by atoms with Crippen LogP contribution in [-0.2, 0) is 0 Å². The quantitative estimate of drug-likeness (QED) is 0.913. The first kappa shape index (κ1) is 13.4. The van der Waals surface area contributed by atoms with Crippen LogP contribution in [0.5, 0.6) is 0 Å². The molecule has 1 fully saturated rings. The lowest BCUT2D eigenvalue weighted by Gasteiger charge is -2.30. The highest BCUT2D eigenvalue weighted by Gasteiger charge is 2.20. The molecule has 1 N–H and O–H groups in total. The van der Waals surface area contributed by atoms with E-state index in [2.05, 4.69) is 36.8 Å². The summed E-state index contributed by atoms with van der Waals surface area (Å²) in [5, 5.41) is 15.2. The molecule has 0 saturated carbocycles. The predicted octanol–water partition coefficient (Wildman–Crippen LogP) is 2.28. The first-order chi connectivity index (χ1) is 9.56. The molecule has 20 heavy (non-hydrogen) atoms. The van der Waals surface area contributed by atoms with Gasteiger partial charge in [0.25, 0.3) is 0 Å². The molecule has 0 aliphatic carbocycles. The van der Waals surface area contributed by atoms with E-state index in [0.717, 1.165) is 42.8 Å². The van der Waals surface area contributed by atoms with Gasteiger partial charge < -0.3 is 10.0 Å². The predicted molar refractivity (Wildman–Crippen MR) is 80.1 cm³/mol. The molecule has 0 bridgehead atoms. The highest BCUT2D eigenvalue weighted by atomic mass is 16.3. The van der Waals surface area contributed by atoms with Gasteiger partial charge in [0.05, 0.1) is 12.3 Å². The van der Waals surface area contributed by atoms with E-state index in [0.29, 0.717) is 6.04 Å². The van der Waals surface area contributed by atoms with E-state index in [-0.39, 0.29) is 6.10 Å². The van der Waals surface area contributed by atoms with Gasteiger partial charge in [-0.2, -0.15) is 5.10 Å². The molecule has 5 heteroatoms. The van der Waals surface area contributed by atoms with Crippen LogP contribution in [0.4, 0.5) is 5.82 Å². The van der Waals surface area contributed by atoms with Gasteiger partial charge in [-0.05, 0) is 45.2 Å². The molecule has 0 aromatic carbocycles. The summed E-state index contributed by atoms with van der Waals surface area (Å²) in [5.74, 6) is 1.00. The van der Waals surface area contributed by atoms with Crippen LogP contribution < -0.4 is 4.90 Å². The Kier molecular flexibility index (Phi) is 3.38. The SMILES string of the molecule is Cc1cc(N2CCC(O)CC2)nc2c1cnn2C(C)C. The number of nitrogens with zero attached hydrogens (tertiary/aromatic N) is 4. The molecule has 0 unspecified atom stereocenters. The van der Waals surface area contributed by atoms with Crippen molar-refractivity contribution < 1.29 is 5.11 Å². The second kappa shape index (κ2) is 5.05. The summed E-state index contributed by atoms with van der Waals surface area (Å²) < 4.78 is 1.98. The molecule has 1 saturated heterocycles. The number of pyridine rings is 1. The topological polar surface area (TPSA) is 54.2 Å². The number of hydrogen-bond donors (Lipinski definition) is 1. The zero-order chi connectivity index (χ0) is 14.3. The summed E-state index contributed by atoms with van der Waals surface area (Å²) in [6.07, 6.45) is 3.39. The Morgan fingerprint density at radius 1 is 1.30 bits per heavy atom. The summed E-state index contributed by atoms with van der Waals surface area (Å²) in [6.45, 7) is 8.09. The van der Waals surface area contributed by atoms with E-state index in [9.17, 15) is 5.11 Å². The number of hydrogen-bond acceptors (Lipinski definition) is 4. The van der Waals surface area contributed by atoms with Crippen LogP contribution in [0.25, 0.3) is 11.0 Å². The van der Waals surface area contributed by atoms with Gasteiger partial charge in [0.2, 0.25) is 0 Å². The van der Waals surface area contributed by atoms with Gasteiger partial charge in [-0.15, -0.1) is 0 Å². The molecule has 5 nitrogen and oxygen atoms in total. The zero-order valence-corrected chi connectivity index (χ0v) is 12.4. The van der Waals surface area contributed by atoms with Gasteiger partial charge in [-0.3, -0.25) is 0 Å². The van der Waals surface area contributed by atoms with Crippen molar-refractivity contribution in [3.05, 3.63) is 17.8 Å². The Balaban J connectivity index is 2.01. The van der Waals surface area contributed by atoms with Crippen LogP contribution in [-0.4, -0.2) is 39.1 Å². The summed E-state index contributed by atoms with van der Waals surface area (Å²) in [6, 6.07) is 2.43. The minimum Gasteiger partial charge on any atom is -0.393 e. The summed E-state index contributed by atoms with van der Waals surface area (Å²) >= 11 is 0. The number of piperidine rings is 1. The molecule has 0 spiro atoms. The number of fused-ring (bicyclic) bond motifs is 1. The molecule has 0 atom stereocenters. The van der Waals surface area contributed by atoms with Crippen LogP contribution in [0.15, 0.2) is 12.3 Å². The van der Waals surface area contributed by atoms with Crippen molar-refractivity contribution in [2.75, 3.05) is 18.0 Å². The van der Waals surface area contributed by atoms with Crippen LogP contribution in [0.3, 0.4) is 0 Å². The number of aliphatic hydroxyl groups excluding tert-OH is 1. The fraction of sp³-hybridized carbons (Fsp3) is 0.600. The Labute approximate surface area is 119 Å². The number of aromatic nitrogens is 3. The molecular formula is C15H22N4O. The molecular weight excluding hydrogens is 252 g/mol. The largest absolute Gasteiger partial charge is 0.393 e. The standard InChI is InChI=1S/C15H22N4O/c1-10(2)19-15-13(9-16-19)11(3)8-14(17-15)18-6-4-12(20)5-7-18/h8-10,12,20H,4-7H2,1-3H3. The Morgan fingerprint density at radius 3 is 2.65 bits per heavy atom. The van der Waals surface area contributed by atoms with E-state index in [1.165, 1.54) is 5.56 Å². The van der Waals surface area contributed by atoms with Gasteiger partial charge in [0.15, 0.2) is 5.65 Å². The molecule has 0 amide bonds. The van der Waals surface area contributed by atoms with E-state index < -0.39 is 0 Å². The van der Waals surface area contributed by atoms with Crippen molar-refractivity contribution in [2.24, 2.45) is 0 Å². The van der Waals surface area contributed by atoms with Gasteiger partial charge in [0.1, 0.15) is 5.82 Å². The molecule has 108 valence electrons. The lowest BCUT2D eigenvalue weighted by Crippen LogP contribution is -2.36. The summed E-state index contributed by atoms with van der Waals surface area (Å²) in [5.41, 5.74) is 2.17. The fourth-order valence-electron chi connectivity index (χ4n) is 2.79. The van der Waals surface area contributed by atoms with Crippen molar-refractivity contribution in [3.63, 3.8) is 0 Å². The van der Waals surface area contributed by atoms with E-state index in [4.69, 9.17) is 4.98 Å². The molecule has 0 radical (unpaired) electrons. The molecule has 1 aliphatic heterocycles. The highest BCUT2D eigenvalue weighted by molar-refractivity contribution is 5.80. The maximum atomic E-state index is 9.62. The lowest BCUT2D eigenvalue weighted by molar-refractivity contribution is 0.145. The van der Waals surface area contributed by atoms with E-state index >= 15 is 0 Å². The highest BCUT2D eigenvalue weighted by Crippen LogP contribution is 2.26.